The lowest BCUT2D eigenvalue weighted by molar-refractivity contribution is -0.148. The molecule has 1 heterocycles. The Morgan fingerprint density at radius 1 is 1.38 bits per heavy atom. The summed E-state index contributed by atoms with van der Waals surface area (Å²) in [6.07, 6.45) is 0.180. The van der Waals surface area contributed by atoms with Gasteiger partial charge in [0.2, 0.25) is 11.8 Å². The number of aliphatic carboxylic acids is 1. The molecule has 6 nitrogen and oxygen atoms in total. The molecule has 1 aliphatic rings. The molecule has 1 aliphatic heterocycles. The molecule has 0 spiro atoms. The van der Waals surface area contributed by atoms with E-state index in [1.165, 1.54) is 4.90 Å². The van der Waals surface area contributed by atoms with Crippen molar-refractivity contribution < 1.29 is 19.5 Å². The van der Waals surface area contributed by atoms with E-state index < -0.39 is 23.8 Å². The van der Waals surface area contributed by atoms with Gasteiger partial charge in [-0.1, -0.05) is 28.1 Å². The second-order valence-electron chi connectivity index (χ2n) is 5.03. The predicted molar refractivity (Wildman–Crippen MR) is 78.3 cm³/mol. The Morgan fingerprint density at radius 3 is 2.48 bits per heavy atom. The summed E-state index contributed by atoms with van der Waals surface area (Å²) in [6, 6.07) is 6.24. The van der Waals surface area contributed by atoms with E-state index >= 15 is 0 Å². The number of hydrogen-bond donors (Lipinski definition) is 2. The van der Waals surface area contributed by atoms with Crippen molar-refractivity contribution >= 4 is 33.7 Å². The minimum atomic E-state index is -1.09. The number of rotatable bonds is 5. The first-order valence-electron chi connectivity index (χ1n) is 6.44. The number of amides is 2. The summed E-state index contributed by atoms with van der Waals surface area (Å²) in [4.78, 5) is 35.8. The summed E-state index contributed by atoms with van der Waals surface area (Å²) in [6.45, 7) is 0.0711. The minimum absolute atomic E-state index is 0.0144. The van der Waals surface area contributed by atoms with Crippen LogP contribution in [0.2, 0.25) is 0 Å². The number of carboxylic acids is 1. The van der Waals surface area contributed by atoms with Gasteiger partial charge in [-0.3, -0.25) is 9.59 Å². The summed E-state index contributed by atoms with van der Waals surface area (Å²) in [5, 5.41) is 9.37. The fraction of sp³-hybridized carbons (Fsp3) is 0.357. The molecule has 3 N–H and O–H groups in total. The van der Waals surface area contributed by atoms with Crippen molar-refractivity contribution in [1.29, 1.82) is 0 Å². The maximum Gasteiger partial charge on any atom is 0.326 e. The number of carboxylic acid groups (broad SMARTS) is 1. The zero-order valence-corrected chi connectivity index (χ0v) is 12.7. The molecule has 2 rings (SSSR count). The number of carbonyl (C=O) groups excluding carboxylic acids is 2. The van der Waals surface area contributed by atoms with Gasteiger partial charge in [0.1, 0.15) is 6.04 Å². The Hall–Kier alpha value is -1.89. The molecule has 0 aromatic heterocycles. The van der Waals surface area contributed by atoms with Gasteiger partial charge in [-0.2, -0.15) is 0 Å². The number of nitrogens with zero attached hydrogens (tertiary/aromatic N) is 1. The molecule has 7 heteroatoms. The average Bonchev–Trinajstić information content (AvgIpc) is 2.80. The molecule has 2 amide bonds. The Balaban J connectivity index is 2.16. The number of halogens is 1. The summed E-state index contributed by atoms with van der Waals surface area (Å²) < 4.78 is 0.893. The van der Waals surface area contributed by atoms with Crippen LogP contribution in [-0.4, -0.2) is 40.4 Å². The van der Waals surface area contributed by atoms with Crippen LogP contribution in [0.3, 0.4) is 0 Å². The first kappa shape index (κ1) is 15.5. The van der Waals surface area contributed by atoms with Crippen molar-refractivity contribution in [3.05, 3.63) is 34.3 Å². The number of hydrogen-bond acceptors (Lipinski definition) is 3. The van der Waals surface area contributed by atoms with Gasteiger partial charge in [-0.25, -0.2) is 4.79 Å². The maximum atomic E-state index is 11.9. The van der Waals surface area contributed by atoms with E-state index in [1.54, 1.807) is 12.1 Å². The van der Waals surface area contributed by atoms with Crippen LogP contribution in [0.4, 0.5) is 0 Å². The summed E-state index contributed by atoms with van der Waals surface area (Å²) >= 11 is 3.31. The molecule has 1 aromatic rings. The topological polar surface area (TPSA) is 101 Å². The lowest BCUT2D eigenvalue weighted by Crippen LogP contribution is -2.44. The van der Waals surface area contributed by atoms with Crippen LogP contribution in [0.25, 0.3) is 0 Å². The summed E-state index contributed by atoms with van der Waals surface area (Å²) in [5.74, 6) is -2.61. The molecule has 0 bridgehead atoms. The number of carbonyl (C=O) groups is 3. The third-order valence-electron chi connectivity index (χ3n) is 3.56. The van der Waals surface area contributed by atoms with Gasteiger partial charge in [0.05, 0.1) is 5.92 Å². The Bertz CT molecular complexity index is 573. The van der Waals surface area contributed by atoms with Gasteiger partial charge in [0.25, 0.3) is 0 Å². The molecule has 1 aromatic carbocycles. The molecule has 21 heavy (non-hydrogen) atoms. The third kappa shape index (κ3) is 3.60. The molecule has 0 aliphatic carbocycles. The van der Waals surface area contributed by atoms with Gasteiger partial charge in [-0.15, -0.1) is 0 Å². The van der Waals surface area contributed by atoms with Crippen LogP contribution in [0.1, 0.15) is 12.0 Å². The van der Waals surface area contributed by atoms with Gasteiger partial charge in [0.15, 0.2) is 0 Å². The van der Waals surface area contributed by atoms with Crippen LogP contribution in [0.5, 0.6) is 0 Å². The van der Waals surface area contributed by atoms with Crippen LogP contribution in [-0.2, 0) is 20.8 Å². The highest BCUT2D eigenvalue weighted by molar-refractivity contribution is 9.10. The quantitative estimate of drug-likeness (QED) is 0.815. The smallest absolute Gasteiger partial charge is 0.326 e. The fourth-order valence-corrected chi connectivity index (χ4v) is 2.66. The molecule has 1 fully saturated rings. The van der Waals surface area contributed by atoms with E-state index in [4.69, 9.17) is 5.73 Å². The van der Waals surface area contributed by atoms with Crippen molar-refractivity contribution in [2.24, 2.45) is 11.7 Å². The molecule has 1 saturated heterocycles. The Morgan fingerprint density at radius 2 is 2.00 bits per heavy atom. The molecular weight excluding hydrogens is 340 g/mol. The third-order valence-corrected chi connectivity index (χ3v) is 4.09. The summed E-state index contributed by atoms with van der Waals surface area (Å²) in [5.41, 5.74) is 6.00. The highest BCUT2D eigenvalue weighted by Gasteiger charge is 2.39. The van der Waals surface area contributed by atoms with E-state index in [-0.39, 0.29) is 25.3 Å². The molecule has 0 saturated carbocycles. The minimum Gasteiger partial charge on any atom is -0.480 e. The molecule has 0 radical (unpaired) electrons. The molecule has 2 unspecified atom stereocenters. The highest BCUT2D eigenvalue weighted by atomic mass is 79.9. The number of primary amides is 1. The first-order valence-corrected chi connectivity index (χ1v) is 7.24. The van der Waals surface area contributed by atoms with E-state index in [0.29, 0.717) is 0 Å². The largest absolute Gasteiger partial charge is 0.480 e. The van der Waals surface area contributed by atoms with Crippen LogP contribution >= 0.6 is 15.9 Å². The number of benzene rings is 1. The lowest BCUT2D eigenvalue weighted by atomic mass is 10.0. The summed E-state index contributed by atoms with van der Waals surface area (Å²) in [7, 11) is 0. The SMILES string of the molecule is NC(=O)C1CC(=O)N(C(Cc2ccc(Br)cc2)C(=O)O)C1. The highest BCUT2D eigenvalue weighted by Crippen LogP contribution is 2.22. The Kier molecular flexibility index (Phi) is 4.62. The van der Waals surface area contributed by atoms with E-state index in [2.05, 4.69) is 15.9 Å². The second kappa shape index (κ2) is 6.26. The van der Waals surface area contributed by atoms with Crippen molar-refractivity contribution in [1.82, 2.24) is 4.90 Å². The monoisotopic (exact) mass is 354 g/mol. The van der Waals surface area contributed by atoms with E-state index in [9.17, 15) is 19.5 Å². The normalized spacial score (nSPS) is 19.6. The molecule has 2 atom stereocenters. The maximum absolute atomic E-state index is 11.9. The van der Waals surface area contributed by atoms with Gasteiger partial charge < -0.3 is 15.7 Å². The van der Waals surface area contributed by atoms with Crippen molar-refractivity contribution in [2.45, 2.75) is 18.9 Å². The zero-order chi connectivity index (χ0) is 15.6. The van der Waals surface area contributed by atoms with E-state index in [0.717, 1.165) is 10.0 Å². The van der Waals surface area contributed by atoms with Gasteiger partial charge in [0, 0.05) is 23.9 Å². The van der Waals surface area contributed by atoms with Crippen molar-refractivity contribution in [2.75, 3.05) is 6.54 Å². The number of nitrogens with two attached hydrogens (primary N) is 1. The van der Waals surface area contributed by atoms with Crippen LogP contribution in [0, 0.1) is 5.92 Å². The van der Waals surface area contributed by atoms with Crippen molar-refractivity contribution in [3.8, 4) is 0 Å². The van der Waals surface area contributed by atoms with Crippen LogP contribution in [0.15, 0.2) is 28.7 Å². The fourth-order valence-electron chi connectivity index (χ4n) is 2.40. The zero-order valence-electron chi connectivity index (χ0n) is 11.2. The Labute approximate surface area is 130 Å². The first-order chi connectivity index (χ1) is 9.88. The second-order valence-corrected chi connectivity index (χ2v) is 5.95. The average molecular weight is 355 g/mol. The lowest BCUT2D eigenvalue weighted by Gasteiger charge is -2.24. The molecular formula is C14H15BrN2O4. The standard InChI is InChI=1S/C14H15BrN2O4/c15-10-3-1-8(2-4-10)5-11(14(20)21)17-7-9(13(16)19)6-12(17)18/h1-4,9,11H,5-7H2,(H2,16,19)(H,20,21). The predicted octanol–water partition coefficient (Wildman–Crippen LogP) is 0.779. The van der Waals surface area contributed by atoms with Crippen molar-refractivity contribution in [3.63, 3.8) is 0 Å². The van der Waals surface area contributed by atoms with Crippen LogP contribution < -0.4 is 5.73 Å². The van der Waals surface area contributed by atoms with Gasteiger partial charge >= 0.3 is 5.97 Å². The number of likely N-dealkylation sites (tertiary alicyclic amines) is 1. The van der Waals surface area contributed by atoms with Gasteiger partial charge in [-0.05, 0) is 17.7 Å². The van der Waals surface area contributed by atoms with E-state index in [1.807, 2.05) is 12.1 Å². The molecule has 112 valence electrons.